The number of ether oxygens (including phenoxy) is 2. The maximum atomic E-state index is 13.1. The van der Waals surface area contributed by atoms with E-state index in [1.807, 2.05) is 6.07 Å². The first-order chi connectivity index (χ1) is 16.1. The normalized spacial score (nSPS) is 10.4. The molecule has 4 aromatic rings. The van der Waals surface area contributed by atoms with E-state index in [-0.39, 0.29) is 11.7 Å². The summed E-state index contributed by atoms with van der Waals surface area (Å²) in [5, 5.41) is 5.93. The lowest BCUT2D eigenvalue weighted by Crippen LogP contribution is -2.12. The van der Waals surface area contributed by atoms with Gasteiger partial charge in [-0.25, -0.2) is 14.4 Å². The van der Waals surface area contributed by atoms with E-state index in [4.69, 9.17) is 9.47 Å². The second-order valence-corrected chi connectivity index (χ2v) is 7.03. The van der Waals surface area contributed by atoms with E-state index in [1.165, 1.54) is 19.2 Å². The van der Waals surface area contributed by atoms with E-state index in [0.29, 0.717) is 34.4 Å². The highest BCUT2D eigenvalue weighted by molar-refractivity contribution is 6.05. The number of carbonyl (C=O) groups excluding carboxylic acids is 1. The SMILES string of the molecule is COc1ccc(NC(=O)c2cccc(Nc3ncc(-c4ccc(F)cc4)cn3)c2)cc1OC. The Bertz CT molecular complexity index is 1260. The molecule has 8 heteroatoms. The fourth-order valence-electron chi connectivity index (χ4n) is 3.17. The number of nitrogens with zero attached hydrogens (tertiary/aromatic N) is 2. The molecule has 0 fully saturated rings. The van der Waals surface area contributed by atoms with E-state index in [0.717, 1.165) is 11.1 Å². The summed E-state index contributed by atoms with van der Waals surface area (Å²) in [7, 11) is 3.08. The van der Waals surface area contributed by atoms with Crippen LogP contribution in [0.4, 0.5) is 21.7 Å². The van der Waals surface area contributed by atoms with Crippen molar-refractivity contribution in [3.8, 4) is 22.6 Å². The molecule has 7 nitrogen and oxygen atoms in total. The molecule has 3 aromatic carbocycles. The van der Waals surface area contributed by atoms with Gasteiger partial charge in [0.25, 0.3) is 5.91 Å². The molecule has 4 rings (SSSR count). The van der Waals surface area contributed by atoms with E-state index < -0.39 is 0 Å². The molecule has 0 atom stereocenters. The minimum Gasteiger partial charge on any atom is -0.493 e. The van der Waals surface area contributed by atoms with Crippen molar-refractivity contribution in [1.29, 1.82) is 0 Å². The van der Waals surface area contributed by atoms with Gasteiger partial charge in [-0.1, -0.05) is 18.2 Å². The first kappa shape index (κ1) is 21.8. The summed E-state index contributed by atoms with van der Waals surface area (Å²) < 4.78 is 23.6. The van der Waals surface area contributed by atoms with E-state index in [2.05, 4.69) is 20.6 Å². The number of rotatable bonds is 7. The number of halogens is 1. The standard InChI is InChI=1S/C25H21FN4O3/c1-32-22-11-10-21(13-23(22)33-2)29-24(31)17-4-3-5-20(12-17)30-25-27-14-18(15-28-25)16-6-8-19(26)9-7-16/h3-15H,1-2H3,(H,29,31)(H,27,28,30). The highest BCUT2D eigenvalue weighted by Crippen LogP contribution is 2.30. The number of carbonyl (C=O) groups is 1. The Morgan fingerprint density at radius 2 is 1.55 bits per heavy atom. The van der Waals surface area contributed by atoms with Crippen molar-refractivity contribution in [1.82, 2.24) is 9.97 Å². The summed E-state index contributed by atoms with van der Waals surface area (Å²) >= 11 is 0. The molecule has 0 aliphatic rings. The van der Waals surface area contributed by atoms with Crippen LogP contribution in [0.5, 0.6) is 11.5 Å². The number of anilines is 3. The molecule has 0 aliphatic heterocycles. The van der Waals surface area contributed by atoms with Gasteiger partial charge in [0.1, 0.15) is 5.82 Å². The third-order valence-corrected chi connectivity index (χ3v) is 4.85. The van der Waals surface area contributed by atoms with Gasteiger partial charge < -0.3 is 20.1 Å². The predicted octanol–water partition coefficient (Wildman–Crippen LogP) is 5.30. The highest BCUT2D eigenvalue weighted by atomic mass is 19.1. The molecule has 0 bridgehead atoms. The van der Waals surface area contributed by atoms with Crippen molar-refractivity contribution >= 4 is 23.2 Å². The molecule has 0 aliphatic carbocycles. The van der Waals surface area contributed by atoms with E-state index in [1.54, 1.807) is 68.0 Å². The fraction of sp³-hybridized carbons (Fsp3) is 0.0800. The van der Waals surface area contributed by atoms with Gasteiger partial charge >= 0.3 is 0 Å². The summed E-state index contributed by atoms with van der Waals surface area (Å²) in [6.07, 6.45) is 3.30. The van der Waals surface area contributed by atoms with Crippen molar-refractivity contribution in [2.75, 3.05) is 24.9 Å². The molecule has 0 spiro atoms. The second-order valence-electron chi connectivity index (χ2n) is 7.03. The topological polar surface area (TPSA) is 85.4 Å². The van der Waals surface area contributed by atoms with Crippen molar-refractivity contribution in [3.63, 3.8) is 0 Å². The maximum Gasteiger partial charge on any atom is 0.255 e. The Balaban J connectivity index is 1.45. The zero-order valence-electron chi connectivity index (χ0n) is 18.0. The van der Waals surface area contributed by atoms with Gasteiger partial charge in [-0.05, 0) is 48.0 Å². The van der Waals surface area contributed by atoms with Crippen LogP contribution in [0.2, 0.25) is 0 Å². The monoisotopic (exact) mass is 444 g/mol. The highest BCUT2D eigenvalue weighted by Gasteiger charge is 2.10. The van der Waals surface area contributed by atoms with Crippen molar-refractivity contribution < 1.29 is 18.7 Å². The number of amides is 1. The van der Waals surface area contributed by atoms with Gasteiger partial charge in [-0.3, -0.25) is 4.79 Å². The smallest absolute Gasteiger partial charge is 0.255 e. The Labute approximate surface area is 190 Å². The van der Waals surface area contributed by atoms with Crippen LogP contribution in [-0.2, 0) is 0 Å². The lowest BCUT2D eigenvalue weighted by atomic mass is 10.1. The fourth-order valence-corrected chi connectivity index (χ4v) is 3.17. The van der Waals surface area contributed by atoms with Crippen molar-refractivity contribution in [2.24, 2.45) is 0 Å². The molecule has 1 heterocycles. The molecule has 0 saturated heterocycles. The molecule has 33 heavy (non-hydrogen) atoms. The molecular formula is C25H21FN4O3. The molecule has 166 valence electrons. The lowest BCUT2D eigenvalue weighted by molar-refractivity contribution is 0.102. The average Bonchev–Trinajstić information content (AvgIpc) is 2.85. The largest absolute Gasteiger partial charge is 0.493 e. The Kier molecular flexibility index (Phi) is 6.45. The zero-order valence-corrected chi connectivity index (χ0v) is 18.0. The van der Waals surface area contributed by atoms with Crippen LogP contribution in [0.25, 0.3) is 11.1 Å². The van der Waals surface area contributed by atoms with Crippen LogP contribution in [0, 0.1) is 5.82 Å². The number of aromatic nitrogens is 2. The van der Waals surface area contributed by atoms with Gasteiger partial charge in [0.05, 0.1) is 14.2 Å². The molecule has 0 saturated carbocycles. The quantitative estimate of drug-likeness (QED) is 0.403. The number of nitrogens with one attached hydrogen (secondary N) is 2. The minimum atomic E-state index is -0.298. The molecule has 2 N–H and O–H groups in total. The Hall–Kier alpha value is -4.46. The Morgan fingerprint density at radius 3 is 2.24 bits per heavy atom. The van der Waals surface area contributed by atoms with E-state index >= 15 is 0 Å². The van der Waals surface area contributed by atoms with Crippen LogP contribution in [0.3, 0.4) is 0 Å². The summed E-state index contributed by atoms with van der Waals surface area (Å²) in [6, 6.07) is 18.2. The van der Waals surface area contributed by atoms with Crippen LogP contribution >= 0.6 is 0 Å². The van der Waals surface area contributed by atoms with Crippen LogP contribution < -0.4 is 20.1 Å². The lowest BCUT2D eigenvalue weighted by Gasteiger charge is -2.11. The van der Waals surface area contributed by atoms with Gasteiger partial charge in [-0.15, -0.1) is 0 Å². The third kappa shape index (κ3) is 5.24. The van der Waals surface area contributed by atoms with Gasteiger partial charge in [0, 0.05) is 41.0 Å². The predicted molar refractivity (Wildman–Crippen MR) is 125 cm³/mol. The summed E-state index contributed by atoms with van der Waals surface area (Å²) in [5.41, 5.74) is 3.28. The number of benzene rings is 3. The summed E-state index contributed by atoms with van der Waals surface area (Å²) in [5.74, 6) is 0.892. The molecule has 0 unspecified atom stereocenters. The van der Waals surface area contributed by atoms with E-state index in [9.17, 15) is 9.18 Å². The summed E-state index contributed by atoms with van der Waals surface area (Å²) in [6.45, 7) is 0. The first-order valence-electron chi connectivity index (χ1n) is 10.0. The van der Waals surface area contributed by atoms with Crippen LogP contribution in [0.15, 0.2) is 79.1 Å². The third-order valence-electron chi connectivity index (χ3n) is 4.85. The molecule has 1 amide bonds. The minimum absolute atomic E-state index is 0.279. The summed E-state index contributed by atoms with van der Waals surface area (Å²) in [4.78, 5) is 21.3. The van der Waals surface area contributed by atoms with Gasteiger partial charge in [-0.2, -0.15) is 0 Å². The Morgan fingerprint density at radius 1 is 0.818 bits per heavy atom. The molecule has 0 radical (unpaired) electrons. The zero-order chi connectivity index (χ0) is 23.2. The first-order valence-corrected chi connectivity index (χ1v) is 10.0. The van der Waals surface area contributed by atoms with Crippen molar-refractivity contribution in [2.45, 2.75) is 0 Å². The number of hydrogen-bond acceptors (Lipinski definition) is 6. The number of methoxy groups -OCH3 is 2. The van der Waals surface area contributed by atoms with Gasteiger partial charge in [0.15, 0.2) is 11.5 Å². The van der Waals surface area contributed by atoms with Gasteiger partial charge in [0.2, 0.25) is 5.95 Å². The average molecular weight is 444 g/mol. The second kappa shape index (κ2) is 9.78. The number of hydrogen-bond donors (Lipinski definition) is 2. The molecular weight excluding hydrogens is 423 g/mol. The maximum absolute atomic E-state index is 13.1. The molecule has 1 aromatic heterocycles. The van der Waals surface area contributed by atoms with Crippen molar-refractivity contribution in [3.05, 3.63) is 90.5 Å². The van der Waals surface area contributed by atoms with Crippen LogP contribution in [0.1, 0.15) is 10.4 Å². The van der Waals surface area contributed by atoms with Crippen LogP contribution in [-0.4, -0.2) is 30.1 Å².